The van der Waals surface area contributed by atoms with Gasteiger partial charge >= 0.3 is 0 Å². The molecule has 4 aromatic rings. The van der Waals surface area contributed by atoms with Gasteiger partial charge in [0, 0.05) is 16.5 Å². The van der Waals surface area contributed by atoms with Gasteiger partial charge in [0.1, 0.15) is 10.7 Å². The fourth-order valence-electron chi connectivity index (χ4n) is 2.32. The van der Waals surface area contributed by atoms with Crippen molar-refractivity contribution in [1.82, 2.24) is 9.97 Å². The lowest BCUT2D eigenvalue weighted by Crippen LogP contribution is -1.81. The quantitative estimate of drug-likeness (QED) is 0.566. The van der Waals surface area contributed by atoms with E-state index in [4.69, 9.17) is 0 Å². The van der Waals surface area contributed by atoms with E-state index in [1.807, 2.05) is 12.3 Å². The third kappa shape index (κ3) is 2.06. The number of rotatable bonds is 2. The number of nitrogens with zero attached hydrogens (tertiary/aromatic N) is 1. The molecular formula is C17H12N2S. The summed E-state index contributed by atoms with van der Waals surface area (Å²) in [6, 6.07) is 21.1. The van der Waals surface area contributed by atoms with Crippen LogP contribution in [0.5, 0.6) is 0 Å². The molecular weight excluding hydrogens is 264 g/mol. The molecule has 0 radical (unpaired) electrons. The van der Waals surface area contributed by atoms with E-state index in [9.17, 15) is 0 Å². The second-order valence-electron chi connectivity index (χ2n) is 4.68. The van der Waals surface area contributed by atoms with E-state index >= 15 is 0 Å². The van der Waals surface area contributed by atoms with E-state index in [0.717, 1.165) is 16.1 Å². The van der Waals surface area contributed by atoms with E-state index in [0.29, 0.717) is 0 Å². The first-order chi connectivity index (χ1) is 9.88. The molecule has 2 heterocycles. The summed E-state index contributed by atoms with van der Waals surface area (Å²) in [4.78, 5) is 8.98. The van der Waals surface area contributed by atoms with Gasteiger partial charge in [0.25, 0.3) is 0 Å². The summed E-state index contributed by atoms with van der Waals surface area (Å²) < 4.78 is 0. The molecule has 2 aromatic heterocycles. The Morgan fingerprint density at radius 1 is 0.800 bits per heavy atom. The normalized spacial score (nSPS) is 11.2. The average Bonchev–Trinajstić information content (AvgIpc) is 2.95. The number of aromatic nitrogens is 2. The Hall–Kier alpha value is -2.26. The van der Waals surface area contributed by atoms with Crippen molar-refractivity contribution in [2.45, 2.75) is 9.92 Å². The lowest BCUT2D eigenvalue weighted by atomic mass is 10.1. The van der Waals surface area contributed by atoms with Crippen molar-refractivity contribution in [3.05, 3.63) is 66.9 Å². The number of benzene rings is 2. The Morgan fingerprint density at radius 2 is 1.65 bits per heavy atom. The van der Waals surface area contributed by atoms with Gasteiger partial charge in [0.2, 0.25) is 0 Å². The number of aromatic amines is 1. The first kappa shape index (κ1) is 11.6. The number of nitrogens with one attached hydrogen (secondary N) is 1. The largest absolute Gasteiger partial charge is 0.346 e. The van der Waals surface area contributed by atoms with Crippen LogP contribution in [0, 0.1) is 0 Å². The van der Waals surface area contributed by atoms with Crippen molar-refractivity contribution >= 4 is 33.6 Å². The minimum Gasteiger partial charge on any atom is -0.346 e. The van der Waals surface area contributed by atoms with Crippen molar-refractivity contribution in [2.24, 2.45) is 0 Å². The minimum absolute atomic E-state index is 0.941. The van der Waals surface area contributed by atoms with Crippen LogP contribution in [0.2, 0.25) is 0 Å². The SMILES string of the molecule is c1ccc2cc(Sc3ccc4cc[nH]c4n3)ccc2c1. The molecule has 1 N–H and O–H groups in total. The maximum absolute atomic E-state index is 4.62. The van der Waals surface area contributed by atoms with Crippen molar-refractivity contribution < 1.29 is 0 Å². The van der Waals surface area contributed by atoms with E-state index in [-0.39, 0.29) is 0 Å². The summed E-state index contributed by atoms with van der Waals surface area (Å²) in [5, 5.41) is 4.69. The van der Waals surface area contributed by atoms with Gasteiger partial charge in [-0.25, -0.2) is 4.98 Å². The molecule has 0 spiro atoms. The van der Waals surface area contributed by atoms with Gasteiger partial charge in [-0.3, -0.25) is 0 Å². The second-order valence-corrected chi connectivity index (χ2v) is 5.77. The highest BCUT2D eigenvalue weighted by molar-refractivity contribution is 7.99. The molecule has 0 unspecified atom stereocenters. The first-order valence-electron chi connectivity index (χ1n) is 6.49. The van der Waals surface area contributed by atoms with Crippen LogP contribution < -0.4 is 0 Å². The van der Waals surface area contributed by atoms with Crippen LogP contribution in [0.1, 0.15) is 0 Å². The number of fused-ring (bicyclic) bond motifs is 2. The van der Waals surface area contributed by atoms with Crippen LogP contribution in [0.3, 0.4) is 0 Å². The van der Waals surface area contributed by atoms with E-state index in [1.165, 1.54) is 15.7 Å². The third-order valence-corrected chi connectivity index (χ3v) is 4.25. The summed E-state index contributed by atoms with van der Waals surface area (Å²) in [5.74, 6) is 0. The van der Waals surface area contributed by atoms with E-state index in [2.05, 4.69) is 64.6 Å². The summed E-state index contributed by atoms with van der Waals surface area (Å²) >= 11 is 1.69. The van der Waals surface area contributed by atoms with Gasteiger partial charge in [-0.15, -0.1) is 0 Å². The van der Waals surface area contributed by atoms with Crippen molar-refractivity contribution in [3.63, 3.8) is 0 Å². The molecule has 0 bridgehead atoms. The molecule has 2 nitrogen and oxygen atoms in total. The molecule has 4 rings (SSSR count). The lowest BCUT2D eigenvalue weighted by Gasteiger charge is -2.03. The fourth-order valence-corrected chi connectivity index (χ4v) is 3.16. The summed E-state index contributed by atoms with van der Waals surface area (Å²) in [7, 11) is 0. The molecule has 0 aliphatic carbocycles. The predicted molar refractivity (Wildman–Crippen MR) is 84.2 cm³/mol. The third-order valence-electron chi connectivity index (χ3n) is 3.33. The monoisotopic (exact) mass is 276 g/mol. The lowest BCUT2D eigenvalue weighted by molar-refractivity contribution is 1.16. The van der Waals surface area contributed by atoms with Crippen LogP contribution in [-0.2, 0) is 0 Å². The van der Waals surface area contributed by atoms with Gasteiger partial charge < -0.3 is 4.98 Å². The van der Waals surface area contributed by atoms with Crippen LogP contribution in [0.25, 0.3) is 21.8 Å². The minimum atomic E-state index is 0.941. The molecule has 2 aromatic carbocycles. The number of hydrogen-bond acceptors (Lipinski definition) is 2. The average molecular weight is 276 g/mol. The summed E-state index contributed by atoms with van der Waals surface area (Å²) in [6.07, 6.45) is 1.92. The van der Waals surface area contributed by atoms with E-state index in [1.54, 1.807) is 11.8 Å². The Bertz CT molecular complexity index is 895. The zero-order valence-corrected chi connectivity index (χ0v) is 11.5. The smallest absolute Gasteiger partial charge is 0.138 e. The standard InChI is InChI=1S/C17H12N2S/c1-2-4-14-11-15(7-5-12(14)3-1)20-16-8-6-13-9-10-18-17(13)19-16/h1-11H,(H,18,19). The van der Waals surface area contributed by atoms with Gasteiger partial charge in [-0.05, 0) is 41.1 Å². The highest BCUT2D eigenvalue weighted by Crippen LogP contribution is 2.29. The molecule has 0 fully saturated rings. The Kier molecular flexibility index (Phi) is 2.71. The Labute approximate surface area is 120 Å². The van der Waals surface area contributed by atoms with Crippen LogP contribution >= 0.6 is 11.8 Å². The zero-order valence-electron chi connectivity index (χ0n) is 10.7. The van der Waals surface area contributed by atoms with Crippen LogP contribution in [0.15, 0.2) is 76.8 Å². The number of H-pyrrole nitrogens is 1. The first-order valence-corrected chi connectivity index (χ1v) is 7.31. The molecule has 0 aliphatic rings. The Morgan fingerprint density at radius 3 is 2.60 bits per heavy atom. The highest BCUT2D eigenvalue weighted by atomic mass is 32.2. The molecule has 20 heavy (non-hydrogen) atoms. The number of pyridine rings is 1. The Balaban J connectivity index is 1.72. The molecule has 0 saturated carbocycles. The fraction of sp³-hybridized carbons (Fsp3) is 0. The molecule has 3 heteroatoms. The van der Waals surface area contributed by atoms with E-state index < -0.39 is 0 Å². The number of hydrogen-bond donors (Lipinski definition) is 1. The maximum Gasteiger partial charge on any atom is 0.138 e. The van der Waals surface area contributed by atoms with Crippen molar-refractivity contribution in [2.75, 3.05) is 0 Å². The summed E-state index contributed by atoms with van der Waals surface area (Å²) in [5.41, 5.74) is 0.941. The van der Waals surface area contributed by atoms with Crippen LogP contribution in [-0.4, -0.2) is 9.97 Å². The van der Waals surface area contributed by atoms with Gasteiger partial charge in [0.05, 0.1) is 0 Å². The maximum atomic E-state index is 4.62. The molecule has 0 amide bonds. The second kappa shape index (κ2) is 4.69. The predicted octanol–water partition coefficient (Wildman–Crippen LogP) is 4.87. The molecule has 96 valence electrons. The topological polar surface area (TPSA) is 28.7 Å². The van der Waals surface area contributed by atoms with Crippen molar-refractivity contribution in [1.29, 1.82) is 0 Å². The summed E-state index contributed by atoms with van der Waals surface area (Å²) in [6.45, 7) is 0. The van der Waals surface area contributed by atoms with Gasteiger partial charge in [-0.1, -0.05) is 42.1 Å². The molecule has 0 atom stereocenters. The zero-order chi connectivity index (χ0) is 13.4. The molecule has 0 saturated heterocycles. The molecule has 0 aliphatic heterocycles. The van der Waals surface area contributed by atoms with Gasteiger partial charge in [-0.2, -0.15) is 0 Å². The van der Waals surface area contributed by atoms with Crippen LogP contribution in [0.4, 0.5) is 0 Å². The van der Waals surface area contributed by atoms with Crippen molar-refractivity contribution in [3.8, 4) is 0 Å². The highest BCUT2D eigenvalue weighted by Gasteiger charge is 2.02. The van der Waals surface area contributed by atoms with Gasteiger partial charge in [0.15, 0.2) is 0 Å².